The van der Waals surface area contributed by atoms with Gasteiger partial charge in [0.05, 0.1) is 19.8 Å². The Bertz CT molecular complexity index is 813. The van der Waals surface area contributed by atoms with Gasteiger partial charge in [-0.25, -0.2) is 9.59 Å². The molecule has 2 unspecified atom stereocenters. The molecular weight excluding hydrogens is 386 g/mol. The number of amides is 1. The Labute approximate surface area is 176 Å². The van der Waals surface area contributed by atoms with Gasteiger partial charge >= 0.3 is 12.1 Å². The van der Waals surface area contributed by atoms with Gasteiger partial charge < -0.3 is 24.6 Å². The minimum Gasteiger partial charge on any atom is -0.493 e. The lowest BCUT2D eigenvalue weighted by molar-refractivity contribution is -0.154. The van der Waals surface area contributed by atoms with Gasteiger partial charge in [0.2, 0.25) is 0 Å². The maximum absolute atomic E-state index is 12.5. The van der Waals surface area contributed by atoms with E-state index in [-0.39, 0.29) is 18.4 Å². The van der Waals surface area contributed by atoms with Crippen molar-refractivity contribution in [3.63, 3.8) is 0 Å². The summed E-state index contributed by atoms with van der Waals surface area (Å²) in [6, 6.07) is 18.4. The van der Waals surface area contributed by atoms with Crippen molar-refractivity contribution in [2.24, 2.45) is 11.8 Å². The lowest BCUT2D eigenvalue weighted by atomic mass is 9.84. The zero-order valence-electron chi connectivity index (χ0n) is 16.9. The standard InChI is InChI=1S/C23H27NO6/c1-16-20(14-29-19-10-6-3-7-11-19)18(12-17-8-4-2-5-9-17)13-28-15-21(22(25)30-16)24-23(26)27/h2-11,16,18,20-21,24H,12-15H2,1H3,(H,26,27)/t16-,18?,20?,21-/m0/s1. The van der Waals surface area contributed by atoms with Crippen molar-refractivity contribution >= 4 is 12.1 Å². The number of benzene rings is 2. The van der Waals surface area contributed by atoms with E-state index < -0.39 is 24.2 Å². The summed E-state index contributed by atoms with van der Waals surface area (Å²) >= 11 is 0. The second-order valence-electron chi connectivity index (χ2n) is 7.42. The van der Waals surface area contributed by atoms with Crippen molar-refractivity contribution in [2.45, 2.75) is 25.5 Å². The van der Waals surface area contributed by atoms with Crippen LogP contribution < -0.4 is 10.1 Å². The van der Waals surface area contributed by atoms with Crippen LogP contribution in [0.2, 0.25) is 0 Å². The number of ether oxygens (including phenoxy) is 3. The first kappa shape index (κ1) is 21.6. The van der Waals surface area contributed by atoms with Crippen LogP contribution in [0.4, 0.5) is 4.79 Å². The van der Waals surface area contributed by atoms with Crippen LogP contribution in [0, 0.1) is 11.8 Å². The van der Waals surface area contributed by atoms with Crippen LogP contribution in [0.15, 0.2) is 60.7 Å². The number of carboxylic acid groups (broad SMARTS) is 1. The van der Waals surface area contributed by atoms with Crippen molar-refractivity contribution in [3.05, 3.63) is 66.2 Å². The Morgan fingerprint density at radius 1 is 1.10 bits per heavy atom. The largest absolute Gasteiger partial charge is 0.493 e. The molecule has 2 N–H and O–H groups in total. The Hall–Kier alpha value is -3.06. The molecule has 1 saturated heterocycles. The molecule has 3 rings (SSSR count). The monoisotopic (exact) mass is 413 g/mol. The molecule has 0 aromatic heterocycles. The number of esters is 1. The molecule has 0 saturated carbocycles. The molecule has 0 radical (unpaired) electrons. The molecule has 0 spiro atoms. The molecule has 1 aliphatic heterocycles. The number of nitrogens with one attached hydrogen (secondary N) is 1. The Kier molecular flexibility index (Phi) is 7.68. The summed E-state index contributed by atoms with van der Waals surface area (Å²) in [5.41, 5.74) is 1.15. The number of cyclic esters (lactones) is 1. The highest BCUT2D eigenvalue weighted by Gasteiger charge is 2.35. The van der Waals surface area contributed by atoms with E-state index in [4.69, 9.17) is 19.3 Å². The molecular formula is C23H27NO6. The third-order valence-electron chi connectivity index (χ3n) is 5.24. The van der Waals surface area contributed by atoms with Crippen molar-refractivity contribution < 1.29 is 28.9 Å². The van der Waals surface area contributed by atoms with Crippen molar-refractivity contribution in [1.82, 2.24) is 5.32 Å². The van der Waals surface area contributed by atoms with E-state index in [0.29, 0.717) is 13.2 Å². The van der Waals surface area contributed by atoms with E-state index in [0.717, 1.165) is 17.7 Å². The summed E-state index contributed by atoms with van der Waals surface area (Å²) < 4.78 is 17.4. The molecule has 4 atom stereocenters. The van der Waals surface area contributed by atoms with Gasteiger partial charge in [-0.3, -0.25) is 0 Å². The fraction of sp³-hybridized carbons (Fsp3) is 0.391. The molecule has 30 heavy (non-hydrogen) atoms. The Balaban J connectivity index is 1.79. The van der Waals surface area contributed by atoms with Gasteiger partial charge in [-0.15, -0.1) is 0 Å². The SMILES string of the molecule is C[C@@H]1OC(=O)[C@@H](NC(=O)O)COCC(Cc2ccccc2)C1COc1ccccc1. The average molecular weight is 413 g/mol. The number of carbonyl (C=O) groups excluding carboxylic acids is 1. The normalized spacial score (nSPS) is 24.6. The van der Waals surface area contributed by atoms with E-state index >= 15 is 0 Å². The first-order chi connectivity index (χ1) is 14.5. The molecule has 7 heteroatoms. The second-order valence-corrected chi connectivity index (χ2v) is 7.42. The highest BCUT2D eigenvalue weighted by Crippen LogP contribution is 2.26. The smallest absolute Gasteiger partial charge is 0.405 e. The maximum atomic E-state index is 12.5. The lowest BCUT2D eigenvalue weighted by Crippen LogP contribution is -2.45. The molecule has 1 heterocycles. The zero-order chi connectivity index (χ0) is 21.3. The van der Waals surface area contributed by atoms with E-state index in [2.05, 4.69) is 5.32 Å². The van der Waals surface area contributed by atoms with Crippen molar-refractivity contribution in [3.8, 4) is 5.75 Å². The fourth-order valence-corrected chi connectivity index (χ4v) is 3.62. The van der Waals surface area contributed by atoms with Crippen LogP contribution in [0.3, 0.4) is 0 Å². The van der Waals surface area contributed by atoms with E-state index in [1.165, 1.54) is 0 Å². The third-order valence-corrected chi connectivity index (χ3v) is 5.24. The first-order valence-electron chi connectivity index (χ1n) is 10.0. The van der Waals surface area contributed by atoms with Crippen LogP contribution in [0.25, 0.3) is 0 Å². The molecule has 2 aromatic carbocycles. The zero-order valence-corrected chi connectivity index (χ0v) is 16.9. The van der Waals surface area contributed by atoms with Crippen LogP contribution in [0.1, 0.15) is 12.5 Å². The van der Waals surface area contributed by atoms with Gasteiger partial charge in [-0.2, -0.15) is 0 Å². The summed E-state index contributed by atoms with van der Waals surface area (Å²) in [6.07, 6.45) is -1.05. The minimum atomic E-state index is -1.29. The lowest BCUT2D eigenvalue weighted by Gasteiger charge is -2.30. The summed E-state index contributed by atoms with van der Waals surface area (Å²) in [5, 5.41) is 11.2. The van der Waals surface area contributed by atoms with Gasteiger partial charge in [0.15, 0.2) is 6.04 Å². The van der Waals surface area contributed by atoms with Gasteiger partial charge in [0.1, 0.15) is 11.9 Å². The summed E-state index contributed by atoms with van der Waals surface area (Å²) in [5.74, 6) is -0.0314. The molecule has 1 fully saturated rings. The van der Waals surface area contributed by atoms with Crippen LogP contribution in [-0.2, 0) is 20.7 Å². The molecule has 1 aliphatic rings. The van der Waals surface area contributed by atoms with Crippen molar-refractivity contribution in [1.29, 1.82) is 0 Å². The van der Waals surface area contributed by atoms with E-state index in [9.17, 15) is 9.59 Å². The highest BCUT2D eigenvalue weighted by molar-refractivity contribution is 5.81. The average Bonchev–Trinajstić information content (AvgIpc) is 2.78. The molecule has 2 aromatic rings. The quantitative estimate of drug-likeness (QED) is 0.707. The maximum Gasteiger partial charge on any atom is 0.405 e. The first-order valence-corrected chi connectivity index (χ1v) is 10.0. The number of rotatable bonds is 6. The fourth-order valence-electron chi connectivity index (χ4n) is 3.62. The van der Waals surface area contributed by atoms with Gasteiger partial charge in [0.25, 0.3) is 0 Å². The third kappa shape index (κ3) is 6.22. The number of carbonyl (C=O) groups is 2. The number of hydrogen-bond donors (Lipinski definition) is 2. The van der Waals surface area contributed by atoms with Crippen LogP contribution in [-0.4, -0.2) is 49.1 Å². The minimum absolute atomic E-state index is 0.0162. The van der Waals surface area contributed by atoms with Crippen LogP contribution >= 0.6 is 0 Å². The molecule has 1 amide bonds. The Morgan fingerprint density at radius 2 is 1.77 bits per heavy atom. The molecule has 0 bridgehead atoms. The number of para-hydroxylation sites is 1. The molecule has 7 nitrogen and oxygen atoms in total. The predicted molar refractivity (Wildman–Crippen MR) is 110 cm³/mol. The Morgan fingerprint density at radius 3 is 2.43 bits per heavy atom. The predicted octanol–water partition coefficient (Wildman–Crippen LogP) is 3.14. The number of hydrogen-bond acceptors (Lipinski definition) is 5. The van der Waals surface area contributed by atoms with Gasteiger partial charge in [0, 0.05) is 5.92 Å². The summed E-state index contributed by atoms with van der Waals surface area (Å²) in [7, 11) is 0. The van der Waals surface area contributed by atoms with Crippen LogP contribution in [0.5, 0.6) is 5.75 Å². The summed E-state index contributed by atoms with van der Waals surface area (Å²) in [6.45, 7) is 2.44. The molecule has 0 aliphatic carbocycles. The van der Waals surface area contributed by atoms with Gasteiger partial charge in [-0.1, -0.05) is 48.5 Å². The topological polar surface area (TPSA) is 94.1 Å². The van der Waals surface area contributed by atoms with E-state index in [1.54, 1.807) is 0 Å². The molecule has 160 valence electrons. The highest BCUT2D eigenvalue weighted by atomic mass is 16.6. The van der Waals surface area contributed by atoms with Crippen molar-refractivity contribution in [2.75, 3.05) is 19.8 Å². The van der Waals surface area contributed by atoms with Gasteiger partial charge in [-0.05, 0) is 37.0 Å². The second kappa shape index (κ2) is 10.6. The van der Waals surface area contributed by atoms with E-state index in [1.807, 2.05) is 67.6 Å². The summed E-state index contributed by atoms with van der Waals surface area (Å²) in [4.78, 5) is 23.5.